The molecule has 3 N–H and O–H groups in total. The molecule has 0 bridgehead atoms. The molecule has 2 atom stereocenters. The molecule has 0 spiro atoms. The highest BCUT2D eigenvalue weighted by molar-refractivity contribution is 5.95. The van der Waals surface area contributed by atoms with Crippen LogP contribution in [0.1, 0.15) is 6.92 Å². The van der Waals surface area contributed by atoms with Crippen LogP contribution in [0.25, 0.3) is 0 Å². The second-order valence-corrected chi connectivity index (χ2v) is 6.43. The number of methoxy groups -OCH3 is 1. The quantitative estimate of drug-likeness (QED) is 0.451. The normalized spacial score (nSPS) is 12.6. The van der Waals surface area contributed by atoms with Gasteiger partial charge in [-0.25, -0.2) is 4.39 Å². The van der Waals surface area contributed by atoms with Gasteiger partial charge in [0.15, 0.2) is 12.6 Å². The molecular weight excluding hydrogens is 383 g/mol. The van der Waals surface area contributed by atoms with Gasteiger partial charge in [-0.2, -0.15) is 0 Å². The summed E-state index contributed by atoms with van der Waals surface area (Å²) in [5.74, 6) is -1.08. The van der Waals surface area contributed by atoms with E-state index in [-0.39, 0.29) is 29.6 Å². The Kier molecular flexibility index (Phi) is 7.21. The van der Waals surface area contributed by atoms with Crippen molar-refractivity contribution in [1.82, 2.24) is 0 Å². The number of halogens is 1. The van der Waals surface area contributed by atoms with Crippen molar-refractivity contribution in [3.63, 3.8) is 0 Å². The largest absolute Gasteiger partial charge is 0.494 e. The van der Waals surface area contributed by atoms with Crippen LogP contribution >= 0.6 is 0 Å². The molecule has 0 fully saturated rings. The number of amides is 2. The minimum Gasteiger partial charge on any atom is -0.494 e. The number of rotatable bonds is 8. The molecule has 0 radical (unpaired) electrons. The summed E-state index contributed by atoms with van der Waals surface area (Å²) < 4.78 is 18.3. The van der Waals surface area contributed by atoms with Crippen LogP contribution in [0.4, 0.5) is 21.5 Å². The minimum atomic E-state index is -0.617. The average molecular weight is 405 g/mol. The third-order valence-corrected chi connectivity index (χ3v) is 4.33. The first-order valence-corrected chi connectivity index (χ1v) is 8.72. The van der Waals surface area contributed by atoms with E-state index in [9.17, 15) is 24.1 Å². The number of nitro benzene ring substituents is 1. The number of nitrogens with zero attached hydrogens (tertiary/aromatic N) is 1. The van der Waals surface area contributed by atoms with E-state index in [0.717, 1.165) is 0 Å². The molecule has 2 aromatic carbocycles. The highest BCUT2D eigenvalue weighted by Gasteiger charge is 2.25. The molecule has 2 rings (SSSR count). The van der Waals surface area contributed by atoms with E-state index in [2.05, 4.69) is 10.6 Å². The number of non-ortho nitro benzene ring substituents is 1. The van der Waals surface area contributed by atoms with Crippen LogP contribution in [-0.4, -0.2) is 43.5 Å². The highest BCUT2D eigenvalue weighted by atomic mass is 19.1. The molecule has 0 aliphatic carbocycles. The van der Waals surface area contributed by atoms with Crippen molar-refractivity contribution in [2.24, 2.45) is 0 Å². The number of benzene rings is 2. The molecule has 0 saturated carbocycles. The van der Waals surface area contributed by atoms with Crippen molar-refractivity contribution in [3.8, 4) is 5.75 Å². The second kappa shape index (κ2) is 9.60. The number of carbonyl (C=O) groups excluding carboxylic acids is 2. The Hall–Kier alpha value is -3.53. The molecule has 29 heavy (non-hydrogen) atoms. The van der Waals surface area contributed by atoms with Crippen molar-refractivity contribution in [1.29, 1.82) is 0 Å². The lowest BCUT2D eigenvalue weighted by molar-refractivity contribution is -0.885. The SMILES string of the molecule is COc1cc([N+](=O)[O-])ccc1NC(=O)[C@@H](C)[NH+](C)CC(=O)Nc1cccc(F)c1. The van der Waals surface area contributed by atoms with Gasteiger partial charge in [0.1, 0.15) is 11.6 Å². The predicted molar refractivity (Wildman–Crippen MR) is 105 cm³/mol. The Morgan fingerprint density at radius 3 is 2.59 bits per heavy atom. The van der Waals surface area contributed by atoms with Crippen molar-refractivity contribution in [2.75, 3.05) is 31.3 Å². The van der Waals surface area contributed by atoms with Gasteiger partial charge in [-0.3, -0.25) is 19.7 Å². The standard InChI is InChI=1S/C19H21FN4O5/c1-12(23(2)11-18(25)21-14-6-4-5-13(20)9-14)19(26)22-16-8-7-15(24(27)28)10-17(16)29-3/h4-10,12H,11H2,1-3H3,(H,21,25)(H,22,26)/p+1/t12-/m1/s1. The minimum absolute atomic E-state index is 0.0253. The van der Waals surface area contributed by atoms with E-state index in [4.69, 9.17) is 4.74 Å². The Morgan fingerprint density at radius 2 is 1.97 bits per heavy atom. The Bertz CT molecular complexity index is 921. The van der Waals surface area contributed by atoms with E-state index >= 15 is 0 Å². The Labute approximate surface area is 166 Å². The van der Waals surface area contributed by atoms with Crippen LogP contribution < -0.4 is 20.3 Å². The molecule has 2 aromatic rings. The van der Waals surface area contributed by atoms with Gasteiger partial charge in [-0.05, 0) is 31.2 Å². The van der Waals surface area contributed by atoms with Crippen molar-refractivity contribution < 1.29 is 28.5 Å². The lowest BCUT2D eigenvalue weighted by Crippen LogP contribution is -3.14. The number of likely N-dealkylation sites (N-methyl/N-ethyl adjacent to an activating group) is 1. The molecule has 0 saturated heterocycles. The fourth-order valence-electron chi connectivity index (χ4n) is 2.54. The lowest BCUT2D eigenvalue weighted by atomic mass is 10.2. The first-order valence-electron chi connectivity index (χ1n) is 8.72. The molecule has 0 heterocycles. The van der Waals surface area contributed by atoms with Gasteiger partial charge in [-0.15, -0.1) is 0 Å². The second-order valence-electron chi connectivity index (χ2n) is 6.43. The molecule has 10 heteroatoms. The van der Waals surface area contributed by atoms with Crippen LogP contribution in [-0.2, 0) is 9.59 Å². The van der Waals surface area contributed by atoms with E-state index in [1.165, 1.54) is 43.5 Å². The number of ether oxygens (including phenoxy) is 1. The van der Waals surface area contributed by atoms with Gasteiger partial charge >= 0.3 is 0 Å². The van der Waals surface area contributed by atoms with Gasteiger partial charge in [0.25, 0.3) is 17.5 Å². The number of quaternary nitrogens is 1. The van der Waals surface area contributed by atoms with E-state index in [1.54, 1.807) is 20.0 Å². The van der Waals surface area contributed by atoms with Crippen LogP contribution in [0.3, 0.4) is 0 Å². The van der Waals surface area contributed by atoms with Gasteiger partial charge in [0.05, 0.1) is 30.8 Å². The summed E-state index contributed by atoms with van der Waals surface area (Å²) in [6, 6.07) is 8.74. The van der Waals surface area contributed by atoms with Crippen molar-refractivity contribution in [3.05, 3.63) is 58.4 Å². The zero-order chi connectivity index (χ0) is 21.6. The fraction of sp³-hybridized carbons (Fsp3) is 0.263. The summed E-state index contributed by atoms with van der Waals surface area (Å²) in [5, 5.41) is 16.1. The molecule has 0 aliphatic rings. The topological polar surface area (TPSA) is 115 Å². The Balaban J connectivity index is 1.98. The lowest BCUT2D eigenvalue weighted by Gasteiger charge is -2.21. The van der Waals surface area contributed by atoms with Crippen molar-refractivity contribution in [2.45, 2.75) is 13.0 Å². The van der Waals surface area contributed by atoms with Crippen LogP contribution in [0.2, 0.25) is 0 Å². The predicted octanol–water partition coefficient (Wildman–Crippen LogP) is 1.22. The first kappa shape index (κ1) is 21.8. The summed E-state index contributed by atoms with van der Waals surface area (Å²) in [7, 11) is 3.01. The van der Waals surface area contributed by atoms with Gasteiger partial charge < -0.3 is 20.3 Å². The van der Waals surface area contributed by atoms with Gasteiger partial charge in [0.2, 0.25) is 0 Å². The molecule has 0 aliphatic heterocycles. The van der Waals surface area contributed by atoms with E-state index in [1.807, 2.05) is 0 Å². The molecule has 2 amide bonds. The summed E-state index contributed by atoms with van der Waals surface area (Å²) in [4.78, 5) is 35.6. The maximum Gasteiger partial charge on any atom is 0.282 e. The number of nitrogens with one attached hydrogen (secondary N) is 3. The maximum absolute atomic E-state index is 13.2. The maximum atomic E-state index is 13.2. The van der Waals surface area contributed by atoms with Gasteiger partial charge in [0, 0.05) is 11.8 Å². The average Bonchev–Trinajstić information content (AvgIpc) is 2.67. The van der Waals surface area contributed by atoms with Crippen molar-refractivity contribution >= 4 is 28.9 Å². The smallest absolute Gasteiger partial charge is 0.282 e. The van der Waals surface area contributed by atoms with Crippen LogP contribution in [0, 0.1) is 15.9 Å². The summed E-state index contributed by atoms with van der Waals surface area (Å²) in [6.45, 7) is 1.61. The van der Waals surface area contributed by atoms with E-state index < -0.39 is 22.7 Å². The Morgan fingerprint density at radius 1 is 1.24 bits per heavy atom. The number of anilines is 2. The fourth-order valence-corrected chi connectivity index (χ4v) is 2.54. The zero-order valence-electron chi connectivity index (χ0n) is 16.2. The highest BCUT2D eigenvalue weighted by Crippen LogP contribution is 2.28. The summed E-state index contributed by atoms with van der Waals surface area (Å²) >= 11 is 0. The molecule has 9 nitrogen and oxygen atoms in total. The number of nitro groups is 1. The monoisotopic (exact) mass is 405 g/mol. The van der Waals surface area contributed by atoms with Crippen LogP contribution in [0.5, 0.6) is 5.75 Å². The summed E-state index contributed by atoms with van der Waals surface area (Å²) in [6.07, 6.45) is 0. The third kappa shape index (κ3) is 5.98. The molecular formula is C19H22FN4O5+. The first-order chi connectivity index (χ1) is 13.7. The molecule has 0 aromatic heterocycles. The van der Waals surface area contributed by atoms with E-state index in [0.29, 0.717) is 10.6 Å². The molecule has 1 unspecified atom stereocenters. The zero-order valence-corrected chi connectivity index (χ0v) is 16.2. The van der Waals surface area contributed by atoms with Crippen LogP contribution in [0.15, 0.2) is 42.5 Å². The van der Waals surface area contributed by atoms with Gasteiger partial charge in [-0.1, -0.05) is 6.07 Å². The summed E-state index contributed by atoms with van der Waals surface area (Å²) in [5.41, 5.74) is 0.451. The number of hydrogen-bond donors (Lipinski definition) is 3. The molecule has 154 valence electrons. The number of carbonyl (C=O) groups is 2. The number of hydrogen-bond acceptors (Lipinski definition) is 5. The third-order valence-electron chi connectivity index (χ3n) is 4.33.